The van der Waals surface area contributed by atoms with Gasteiger partial charge in [-0.25, -0.2) is 0 Å². The van der Waals surface area contributed by atoms with Crippen LogP contribution in [0.4, 0.5) is 0 Å². The van der Waals surface area contributed by atoms with Gasteiger partial charge in [0.25, 0.3) is 0 Å². The highest BCUT2D eigenvalue weighted by Gasteiger charge is 2.20. The van der Waals surface area contributed by atoms with Gasteiger partial charge in [-0.2, -0.15) is 0 Å². The van der Waals surface area contributed by atoms with Crippen LogP contribution in [-0.2, 0) is 0 Å². The van der Waals surface area contributed by atoms with Crippen molar-refractivity contribution < 1.29 is 9.47 Å². The van der Waals surface area contributed by atoms with E-state index < -0.39 is 0 Å². The molecule has 0 heterocycles. The first-order valence-corrected chi connectivity index (χ1v) is 8.38. The third-order valence-corrected chi connectivity index (χ3v) is 5.20. The van der Waals surface area contributed by atoms with Gasteiger partial charge >= 0.3 is 0 Å². The minimum Gasteiger partial charge on any atom is -0.495 e. The molecule has 0 aliphatic heterocycles. The van der Waals surface area contributed by atoms with E-state index >= 15 is 0 Å². The Labute approximate surface area is 143 Å². The van der Waals surface area contributed by atoms with Gasteiger partial charge in [-0.05, 0) is 39.7 Å². The maximum atomic E-state index is 5.52. The molecule has 2 aromatic carbocycles. The molecule has 0 aromatic heterocycles. The monoisotopic (exact) mass is 462 g/mol. The van der Waals surface area contributed by atoms with Gasteiger partial charge in [-0.3, -0.25) is 0 Å². The fraction of sp³-hybridized carbons (Fsp3) is 0.200. The molecule has 0 aliphatic carbocycles. The molecule has 20 heavy (non-hydrogen) atoms. The van der Waals surface area contributed by atoms with Crippen molar-refractivity contribution in [2.24, 2.45) is 0 Å². The van der Waals surface area contributed by atoms with Crippen molar-refractivity contribution in [3.63, 3.8) is 0 Å². The summed E-state index contributed by atoms with van der Waals surface area (Å²) in [4.78, 5) is 0.0390. The molecule has 5 heteroatoms. The number of rotatable bonds is 4. The lowest BCUT2D eigenvalue weighted by molar-refractivity contribution is 0.386. The molecule has 0 amide bonds. The molecular weight excluding hydrogens is 452 g/mol. The first-order chi connectivity index (χ1) is 9.58. The van der Waals surface area contributed by atoms with Crippen LogP contribution in [0.5, 0.6) is 11.5 Å². The molecule has 2 nitrogen and oxygen atoms in total. The number of ether oxygens (including phenoxy) is 2. The summed E-state index contributed by atoms with van der Waals surface area (Å²) in [6, 6.07) is 12.1. The summed E-state index contributed by atoms with van der Waals surface area (Å²) in [5, 5.41) is 0. The molecule has 0 N–H and O–H groups in total. The van der Waals surface area contributed by atoms with E-state index in [1.807, 2.05) is 24.3 Å². The summed E-state index contributed by atoms with van der Waals surface area (Å²) in [5.74, 6) is 1.52. The lowest BCUT2D eigenvalue weighted by Crippen LogP contribution is -1.99. The average Bonchev–Trinajstić information content (AvgIpc) is 2.46. The van der Waals surface area contributed by atoms with Gasteiger partial charge in [0.05, 0.1) is 19.0 Å². The van der Waals surface area contributed by atoms with Crippen LogP contribution in [0, 0.1) is 0 Å². The predicted octanol–water partition coefficient (Wildman–Crippen LogP) is 5.71. The molecule has 0 radical (unpaired) electrons. The molecule has 0 saturated carbocycles. The highest BCUT2D eigenvalue weighted by atomic mass is 79.9. The highest BCUT2D eigenvalue weighted by Crippen LogP contribution is 2.44. The Morgan fingerprint density at radius 3 is 2.35 bits per heavy atom. The number of halogens is 3. The highest BCUT2D eigenvalue weighted by molar-refractivity contribution is 9.11. The molecule has 1 unspecified atom stereocenters. The van der Waals surface area contributed by atoms with Crippen molar-refractivity contribution in [1.29, 1.82) is 0 Å². The number of hydrogen-bond acceptors (Lipinski definition) is 2. The van der Waals surface area contributed by atoms with E-state index in [1.165, 1.54) is 0 Å². The van der Waals surface area contributed by atoms with Crippen LogP contribution in [0.1, 0.15) is 16.0 Å². The number of hydrogen-bond donors (Lipinski definition) is 0. The number of benzene rings is 2. The molecular formula is C15H13Br3O2. The zero-order valence-electron chi connectivity index (χ0n) is 11.0. The van der Waals surface area contributed by atoms with E-state index in [4.69, 9.17) is 9.47 Å². The normalized spacial score (nSPS) is 12.1. The van der Waals surface area contributed by atoms with E-state index in [0.717, 1.165) is 31.6 Å². The molecule has 0 bridgehead atoms. The van der Waals surface area contributed by atoms with Crippen molar-refractivity contribution in [3.05, 3.63) is 56.5 Å². The van der Waals surface area contributed by atoms with Gasteiger partial charge in [0.15, 0.2) is 0 Å². The van der Waals surface area contributed by atoms with E-state index in [-0.39, 0.29) is 4.83 Å². The second-order valence-electron chi connectivity index (χ2n) is 4.12. The topological polar surface area (TPSA) is 18.5 Å². The van der Waals surface area contributed by atoms with Crippen molar-refractivity contribution >= 4 is 47.8 Å². The number of alkyl halides is 1. The van der Waals surface area contributed by atoms with E-state index in [9.17, 15) is 0 Å². The third-order valence-electron chi connectivity index (χ3n) is 2.93. The zero-order valence-corrected chi connectivity index (χ0v) is 15.7. The third kappa shape index (κ3) is 3.21. The second-order valence-corrected chi connectivity index (χ2v) is 6.75. The molecule has 2 rings (SSSR count). The van der Waals surface area contributed by atoms with Crippen LogP contribution in [0.15, 0.2) is 45.3 Å². The summed E-state index contributed by atoms with van der Waals surface area (Å²) in [6.07, 6.45) is 0. The van der Waals surface area contributed by atoms with Crippen molar-refractivity contribution in [2.45, 2.75) is 4.83 Å². The van der Waals surface area contributed by atoms with Gasteiger partial charge in [0, 0.05) is 10.0 Å². The van der Waals surface area contributed by atoms with E-state index in [2.05, 4.69) is 59.9 Å². The maximum absolute atomic E-state index is 5.52. The summed E-state index contributed by atoms with van der Waals surface area (Å²) in [5.41, 5.74) is 2.19. The smallest absolute Gasteiger partial charge is 0.141 e. The maximum Gasteiger partial charge on any atom is 0.141 e. The van der Waals surface area contributed by atoms with Gasteiger partial charge in [-0.15, -0.1) is 0 Å². The fourth-order valence-electron chi connectivity index (χ4n) is 1.96. The molecule has 0 spiro atoms. The Hall–Kier alpha value is -0.520. The quantitative estimate of drug-likeness (QED) is 0.539. The van der Waals surface area contributed by atoms with Crippen molar-refractivity contribution in [1.82, 2.24) is 0 Å². The van der Waals surface area contributed by atoms with E-state index in [1.54, 1.807) is 14.2 Å². The first-order valence-electron chi connectivity index (χ1n) is 5.88. The zero-order chi connectivity index (χ0) is 14.7. The minimum absolute atomic E-state index is 0.0390. The largest absolute Gasteiger partial charge is 0.495 e. The first kappa shape index (κ1) is 15.9. The van der Waals surface area contributed by atoms with Gasteiger partial charge in [0.2, 0.25) is 0 Å². The van der Waals surface area contributed by atoms with Crippen LogP contribution in [0.3, 0.4) is 0 Å². The molecule has 1 atom stereocenters. The van der Waals surface area contributed by atoms with Crippen LogP contribution < -0.4 is 9.47 Å². The molecule has 106 valence electrons. The Kier molecular flexibility index (Phi) is 5.52. The Morgan fingerprint density at radius 2 is 1.75 bits per heavy atom. The Morgan fingerprint density at radius 1 is 1.00 bits per heavy atom. The van der Waals surface area contributed by atoms with Crippen LogP contribution in [-0.4, -0.2) is 14.2 Å². The van der Waals surface area contributed by atoms with Crippen LogP contribution in [0.2, 0.25) is 0 Å². The molecule has 0 saturated heterocycles. The summed E-state index contributed by atoms with van der Waals surface area (Å²) >= 11 is 10.8. The second kappa shape index (κ2) is 6.96. The van der Waals surface area contributed by atoms with Gasteiger partial charge < -0.3 is 9.47 Å². The SMILES string of the molecule is COc1ccc(C(Br)c2cccc(Br)c2)c(OC)c1Br. The minimum atomic E-state index is 0.0390. The Bertz CT molecular complexity index is 614. The number of methoxy groups -OCH3 is 2. The van der Waals surface area contributed by atoms with Crippen molar-refractivity contribution in [2.75, 3.05) is 14.2 Å². The fourth-order valence-corrected chi connectivity index (χ4v) is 3.71. The summed E-state index contributed by atoms with van der Waals surface area (Å²) in [6.45, 7) is 0. The average molecular weight is 465 g/mol. The van der Waals surface area contributed by atoms with E-state index in [0.29, 0.717) is 0 Å². The molecule has 0 fully saturated rings. The predicted molar refractivity (Wildman–Crippen MR) is 92.2 cm³/mol. The lowest BCUT2D eigenvalue weighted by Gasteiger charge is -2.18. The van der Waals surface area contributed by atoms with Crippen LogP contribution >= 0.6 is 47.8 Å². The van der Waals surface area contributed by atoms with Crippen molar-refractivity contribution in [3.8, 4) is 11.5 Å². The Balaban J connectivity index is 2.49. The standard InChI is InChI=1S/C15H13Br3O2/c1-19-12-7-6-11(15(20-2)14(12)18)13(17)9-4-3-5-10(16)8-9/h3-8,13H,1-2H3. The summed E-state index contributed by atoms with van der Waals surface area (Å²) in [7, 11) is 3.29. The lowest BCUT2D eigenvalue weighted by atomic mass is 10.0. The van der Waals surface area contributed by atoms with Gasteiger partial charge in [0.1, 0.15) is 16.0 Å². The molecule has 2 aromatic rings. The van der Waals surface area contributed by atoms with Crippen LogP contribution in [0.25, 0.3) is 0 Å². The van der Waals surface area contributed by atoms with Gasteiger partial charge in [-0.1, -0.05) is 50.1 Å². The molecule has 0 aliphatic rings. The summed E-state index contributed by atoms with van der Waals surface area (Å²) < 4.78 is 12.7.